The molecular formula is C7H3F4O3S-. The van der Waals surface area contributed by atoms with E-state index in [9.17, 15) is 22.8 Å². The highest BCUT2D eigenvalue weighted by Gasteiger charge is 2.23. The molecule has 0 amide bonds. The summed E-state index contributed by atoms with van der Waals surface area (Å²) in [5.74, 6) is -6.60. The third kappa shape index (κ3) is 2.23. The van der Waals surface area contributed by atoms with Crippen molar-refractivity contribution < 1.29 is 32.2 Å². The molecule has 0 saturated carbocycles. The number of rotatable bonds is 3. The Morgan fingerprint density at radius 2 is 1.60 bits per heavy atom. The Balaban J connectivity index is 3.26. The molecule has 0 bridgehead atoms. The van der Waals surface area contributed by atoms with Crippen LogP contribution in [0.25, 0.3) is 0 Å². The van der Waals surface area contributed by atoms with E-state index in [-0.39, 0.29) is 12.0 Å². The molecule has 0 aliphatic carbocycles. The molecular weight excluding hydrogens is 240 g/mol. The summed E-state index contributed by atoms with van der Waals surface area (Å²) in [7, 11) is 0. The van der Waals surface area contributed by atoms with Gasteiger partial charge in [0, 0.05) is 5.56 Å². The van der Waals surface area contributed by atoms with E-state index in [2.05, 4.69) is 9.37 Å². The van der Waals surface area contributed by atoms with Gasteiger partial charge in [-0.05, 0) is 6.92 Å². The molecule has 84 valence electrons. The molecule has 0 N–H and O–H groups in total. The van der Waals surface area contributed by atoms with Crippen molar-refractivity contribution in [3.63, 3.8) is 0 Å². The van der Waals surface area contributed by atoms with Crippen LogP contribution in [0.15, 0.2) is 4.90 Å². The van der Waals surface area contributed by atoms with Crippen LogP contribution in [0.1, 0.15) is 5.56 Å². The summed E-state index contributed by atoms with van der Waals surface area (Å²) in [6.45, 7) is 0.912. The first kappa shape index (κ1) is 12.2. The van der Waals surface area contributed by atoms with Crippen molar-refractivity contribution in [2.45, 2.75) is 11.8 Å². The fourth-order valence-corrected chi connectivity index (χ4v) is 1.33. The summed E-state index contributed by atoms with van der Waals surface area (Å²) in [6.07, 6.45) is 0. The maximum atomic E-state index is 13.1. The van der Waals surface area contributed by atoms with Crippen molar-refractivity contribution in [2.24, 2.45) is 0 Å². The van der Waals surface area contributed by atoms with Crippen molar-refractivity contribution in [2.75, 3.05) is 0 Å². The van der Waals surface area contributed by atoms with Crippen LogP contribution in [0, 0.1) is 30.2 Å². The number of benzene rings is 1. The van der Waals surface area contributed by atoms with Crippen molar-refractivity contribution in [1.82, 2.24) is 0 Å². The van der Waals surface area contributed by atoms with Gasteiger partial charge in [-0.1, -0.05) is 0 Å². The zero-order valence-electron chi connectivity index (χ0n) is 7.14. The second-order valence-corrected chi connectivity index (χ2v) is 3.14. The number of hydrogen-bond donors (Lipinski definition) is 0. The summed E-state index contributed by atoms with van der Waals surface area (Å²) in [6, 6.07) is 0. The minimum atomic E-state index is -1.84. The minimum Gasteiger partial charge on any atom is -0.691 e. The zero-order valence-corrected chi connectivity index (χ0v) is 7.96. The fraction of sp³-hybridized carbons (Fsp3) is 0.143. The van der Waals surface area contributed by atoms with E-state index >= 15 is 0 Å². The van der Waals surface area contributed by atoms with Crippen LogP contribution in [0.5, 0.6) is 0 Å². The van der Waals surface area contributed by atoms with Crippen molar-refractivity contribution in [3.05, 3.63) is 28.8 Å². The van der Waals surface area contributed by atoms with Crippen molar-refractivity contribution in [1.29, 1.82) is 0 Å². The summed E-state index contributed by atoms with van der Waals surface area (Å²) in [5, 5.41) is 12.2. The fourth-order valence-electron chi connectivity index (χ4n) is 0.845. The molecule has 0 fully saturated rings. The molecule has 1 aromatic carbocycles. The van der Waals surface area contributed by atoms with E-state index < -0.39 is 33.7 Å². The average molecular weight is 243 g/mol. The minimum absolute atomic E-state index is 0.181. The Morgan fingerprint density at radius 1 is 1.00 bits per heavy atom. The largest absolute Gasteiger partial charge is 0.691 e. The second-order valence-electron chi connectivity index (χ2n) is 2.43. The van der Waals surface area contributed by atoms with E-state index in [1.807, 2.05) is 0 Å². The normalized spacial score (nSPS) is 10.8. The topological polar surface area (TPSA) is 41.5 Å². The predicted molar refractivity (Wildman–Crippen MR) is 39.0 cm³/mol. The molecule has 1 rings (SSSR count). The zero-order chi connectivity index (χ0) is 11.6. The third-order valence-electron chi connectivity index (χ3n) is 1.59. The predicted octanol–water partition coefficient (Wildman–Crippen LogP) is 1.78. The first-order valence-corrected chi connectivity index (χ1v) is 4.20. The summed E-state index contributed by atoms with van der Waals surface area (Å²) < 4.78 is 55.2. The van der Waals surface area contributed by atoms with Gasteiger partial charge >= 0.3 is 0 Å². The van der Waals surface area contributed by atoms with Gasteiger partial charge in [-0.25, -0.2) is 17.6 Å². The molecule has 0 radical (unpaired) electrons. The Kier molecular flexibility index (Phi) is 3.91. The molecule has 15 heavy (non-hydrogen) atoms. The van der Waals surface area contributed by atoms with Gasteiger partial charge in [0.05, 0.1) is 12.0 Å². The molecule has 3 nitrogen and oxygen atoms in total. The van der Waals surface area contributed by atoms with Crippen LogP contribution >= 0.6 is 12.0 Å². The lowest BCUT2D eigenvalue weighted by Gasteiger charge is -2.09. The maximum Gasteiger partial charge on any atom is 0.196 e. The van der Waals surface area contributed by atoms with Crippen LogP contribution in [0.3, 0.4) is 0 Å². The Morgan fingerprint density at radius 3 is 2.13 bits per heavy atom. The lowest BCUT2D eigenvalue weighted by atomic mass is 10.2. The standard InChI is InChI=1S/C7H4F4O3S/c1-2-3(8)5(10)6(11)7(4(2)9)15-14-13-12/h12H,1H3/p-1. The molecule has 0 aliphatic rings. The smallest absolute Gasteiger partial charge is 0.196 e. The summed E-state index contributed by atoms with van der Waals surface area (Å²) in [4.78, 5) is -0.984. The van der Waals surface area contributed by atoms with Crippen LogP contribution in [-0.4, -0.2) is 0 Å². The van der Waals surface area contributed by atoms with E-state index in [1.165, 1.54) is 0 Å². The highest BCUT2D eigenvalue weighted by Crippen LogP contribution is 2.31. The van der Waals surface area contributed by atoms with Crippen LogP contribution in [-0.2, 0) is 9.37 Å². The average Bonchev–Trinajstić information content (AvgIpc) is 2.24. The SMILES string of the molecule is Cc1c(F)c(F)c(F)c(SOO[O-])c1F. The van der Waals surface area contributed by atoms with Crippen LogP contribution in [0.2, 0.25) is 0 Å². The van der Waals surface area contributed by atoms with Gasteiger partial charge in [0.15, 0.2) is 17.5 Å². The Hall–Kier alpha value is -0.830. The molecule has 1 aromatic rings. The Labute approximate surface area is 85.7 Å². The lowest BCUT2D eigenvalue weighted by Crippen LogP contribution is -2.05. The van der Waals surface area contributed by atoms with Gasteiger partial charge < -0.3 is 5.26 Å². The molecule has 0 aromatic heterocycles. The van der Waals surface area contributed by atoms with Crippen molar-refractivity contribution >= 4 is 12.0 Å². The van der Waals surface area contributed by atoms with Gasteiger partial charge in [0.1, 0.15) is 10.7 Å². The monoisotopic (exact) mass is 243 g/mol. The van der Waals surface area contributed by atoms with Gasteiger partial charge in [-0.15, -0.1) is 0 Å². The molecule has 0 aliphatic heterocycles. The van der Waals surface area contributed by atoms with Crippen molar-refractivity contribution in [3.8, 4) is 0 Å². The highest BCUT2D eigenvalue weighted by atomic mass is 32.2. The van der Waals surface area contributed by atoms with E-state index in [4.69, 9.17) is 0 Å². The van der Waals surface area contributed by atoms with Gasteiger partial charge in [0.2, 0.25) is 0 Å². The highest BCUT2D eigenvalue weighted by molar-refractivity contribution is 7.94. The van der Waals surface area contributed by atoms with Gasteiger partial charge in [-0.3, -0.25) is 5.04 Å². The molecule has 8 heteroatoms. The van der Waals surface area contributed by atoms with Crippen LogP contribution in [0.4, 0.5) is 17.6 Å². The van der Waals surface area contributed by atoms with Crippen LogP contribution < -0.4 is 5.26 Å². The number of hydrogen-bond acceptors (Lipinski definition) is 4. The first-order chi connectivity index (χ1) is 7.00. The molecule has 0 heterocycles. The van der Waals surface area contributed by atoms with E-state index in [1.54, 1.807) is 0 Å². The molecule has 0 atom stereocenters. The van der Waals surface area contributed by atoms with E-state index in [0.29, 0.717) is 0 Å². The van der Waals surface area contributed by atoms with E-state index in [0.717, 1.165) is 6.92 Å². The second kappa shape index (κ2) is 4.79. The molecule has 0 spiro atoms. The number of halogens is 4. The quantitative estimate of drug-likeness (QED) is 0.203. The first-order valence-electron chi connectivity index (χ1n) is 3.46. The maximum absolute atomic E-state index is 13.1. The summed E-state index contributed by atoms with van der Waals surface area (Å²) in [5.41, 5.74) is -0.717. The summed E-state index contributed by atoms with van der Waals surface area (Å²) >= 11 is -0.181. The third-order valence-corrected chi connectivity index (χ3v) is 2.24. The Bertz CT molecular complexity index is 356. The van der Waals surface area contributed by atoms with Gasteiger partial charge in [-0.2, -0.15) is 4.33 Å². The lowest BCUT2D eigenvalue weighted by molar-refractivity contribution is -0.777. The molecule has 0 unspecified atom stereocenters. The van der Waals surface area contributed by atoms with Gasteiger partial charge in [0.25, 0.3) is 0 Å². The molecule has 0 saturated heterocycles.